The Balaban J connectivity index is 1.79. The Morgan fingerprint density at radius 1 is 1.04 bits per heavy atom. The molecule has 0 amide bonds. The summed E-state index contributed by atoms with van der Waals surface area (Å²) in [4.78, 5) is 4.52. The molecule has 0 unspecified atom stereocenters. The van der Waals surface area contributed by atoms with E-state index in [0.717, 1.165) is 32.8 Å². The Morgan fingerprint density at radius 2 is 1.81 bits per heavy atom. The van der Waals surface area contributed by atoms with Crippen molar-refractivity contribution in [2.24, 2.45) is 4.99 Å². The molecule has 0 radical (unpaired) electrons. The molecular formula is C21H17BrClNO2. The summed E-state index contributed by atoms with van der Waals surface area (Å²) in [6.45, 7) is 0.394. The smallest absolute Gasteiger partial charge is 0.128 e. The van der Waals surface area contributed by atoms with Gasteiger partial charge in [0.05, 0.1) is 12.8 Å². The van der Waals surface area contributed by atoms with Crippen molar-refractivity contribution in [1.29, 1.82) is 0 Å². The van der Waals surface area contributed by atoms with Crippen LogP contribution in [-0.4, -0.2) is 13.3 Å². The molecule has 0 aliphatic carbocycles. The van der Waals surface area contributed by atoms with Crippen LogP contribution in [0.5, 0.6) is 11.5 Å². The van der Waals surface area contributed by atoms with Crippen LogP contribution >= 0.6 is 27.5 Å². The van der Waals surface area contributed by atoms with Gasteiger partial charge in [-0.3, -0.25) is 4.99 Å². The third-order valence-corrected chi connectivity index (χ3v) is 4.60. The number of aliphatic imine (C=N–C) groups is 1. The molecule has 0 heterocycles. The minimum Gasteiger partial charge on any atom is -0.497 e. The van der Waals surface area contributed by atoms with Crippen LogP contribution in [-0.2, 0) is 6.61 Å². The van der Waals surface area contributed by atoms with Gasteiger partial charge in [-0.2, -0.15) is 0 Å². The molecule has 3 aromatic carbocycles. The van der Waals surface area contributed by atoms with E-state index in [-0.39, 0.29) is 0 Å². The van der Waals surface area contributed by atoms with Crippen molar-refractivity contribution in [3.05, 3.63) is 87.4 Å². The Bertz CT molecular complexity index is 910. The van der Waals surface area contributed by atoms with E-state index in [4.69, 9.17) is 21.1 Å². The number of nitrogens with zero attached hydrogens (tertiary/aromatic N) is 1. The van der Waals surface area contributed by atoms with Crippen molar-refractivity contribution in [2.75, 3.05) is 7.11 Å². The standard InChI is InChI=1S/C21H17BrClNO2/c1-25-19-9-7-18(8-10-19)24-13-16-12-17(22)6-11-21(16)26-14-15-4-2-3-5-20(15)23/h2-13H,14H2,1H3. The first-order chi connectivity index (χ1) is 12.7. The molecule has 132 valence electrons. The fraction of sp³-hybridized carbons (Fsp3) is 0.0952. The largest absolute Gasteiger partial charge is 0.497 e. The maximum atomic E-state index is 6.20. The summed E-state index contributed by atoms with van der Waals surface area (Å²) in [5.41, 5.74) is 2.65. The summed E-state index contributed by atoms with van der Waals surface area (Å²) in [6.07, 6.45) is 1.79. The third-order valence-electron chi connectivity index (χ3n) is 3.74. The van der Waals surface area contributed by atoms with Gasteiger partial charge in [0.1, 0.15) is 18.1 Å². The van der Waals surface area contributed by atoms with E-state index in [2.05, 4.69) is 20.9 Å². The normalized spacial score (nSPS) is 10.9. The van der Waals surface area contributed by atoms with E-state index in [1.165, 1.54) is 0 Å². The fourth-order valence-electron chi connectivity index (χ4n) is 2.33. The molecule has 5 heteroatoms. The minimum absolute atomic E-state index is 0.394. The lowest BCUT2D eigenvalue weighted by molar-refractivity contribution is 0.306. The number of benzene rings is 3. The summed E-state index contributed by atoms with van der Waals surface area (Å²) in [5, 5.41) is 0.693. The molecule has 3 nitrogen and oxygen atoms in total. The van der Waals surface area contributed by atoms with Gasteiger partial charge < -0.3 is 9.47 Å². The lowest BCUT2D eigenvalue weighted by Crippen LogP contribution is -1.99. The van der Waals surface area contributed by atoms with E-state index in [1.54, 1.807) is 13.3 Å². The summed E-state index contributed by atoms with van der Waals surface area (Å²) >= 11 is 9.69. The first kappa shape index (κ1) is 18.5. The van der Waals surface area contributed by atoms with Crippen LogP contribution in [0.15, 0.2) is 76.2 Å². The topological polar surface area (TPSA) is 30.8 Å². The monoisotopic (exact) mass is 429 g/mol. The van der Waals surface area contributed by atoms with Crippen molar-refractivity contribution in [3.63, 3.8) is 0 Å². The zero-order valence-electron chi connectivity index (χ0n) is 14.2. The molecule has 0 aliphatic rings. The van der Waals surface area contributed by atoms with E-state index in [0.29, 0.717) is 11.6 Å². The van der Waals surface area contributed by atoms with Crippen molar-refractivity contribution >= 4 is 39.4 Å². The number of ether oxygens (including phenoxy) is 2. The van der Waals surface area contributed by atoms with Crippen LogP contribution in [0.25, 0.3) is 0 Å². The molecule has 0 spiro atoms. The van der Waals surface area contributed by atoms with E-state index < -0.39 is 0 Å². The maximum Gasteiger partial charge on any atom is 0.128 e. The SMILES string of the molecule is COc1ccc(N=Cc2cc(Br)ccc2OCc2ccccc2Cl)cc1. The molecule has 0 saturated carbocycles. The lowest BCUT2D eigenvalue weighted by atomic mass is 10.2. The van der Waals surface area contributed by atoms with Gasteiger partial charge in [-0.15, -0.1) is 0 Å². The van der Waals surface area contributed by atoms with Gasteiger partial charge in [-0.1, -0.05) is 45.7 Å². The van der Waals surface area contributed by atoms with E-state index in [1.807, 2.05) is 66.7 Å². The molecule has 0 aliphatic heterocycles. The Labute approximate surface area is 166 Å². The van der Waals surface area contributed by atoms with Gasteiger partial charge in [0.15, 0.2) is 0 Å². The summed E-state index contributed by atoms with van der Waals surface area (Å²) in [5.74, 6) is 1.54. The number of methoxy groups -OCH3 is 1. The highest BCUT2D eigenvalue weighted by atomic mass is 79.9. The predicted octanol–water partition coefficient (Wildman–Crippen LogP) is 6.44. The zero-order chi connectivity index (χ0) is 18.4. The molecule has 0 N–H and O–H groups in total. The fourth-order valence-corrected chi connectivity index (χ4v) is 2.90. The second kappa shape index (κ2) is 8.88. The highest BCUT2D eigenvalue weighted by Gasteiger charge is 2.05. The predicted molar refractivity (Wildman–Crippen MR) is 110 cm³/mol. The quantitative estimate of drug-likeness (QED) is 0.421. The Kier molecular flexibility index (Phi) is 6.31. The van der Waals surface area contributed by atoms with E-state index >= 15 is 0 Å². The van der Waals surface area contributed by atoms with Crippen LogP contribution in [0.4, 0.5) is 5.69 Å². The number of hydrogen-bond donors (Lipinski definition) is 0. The van der Waals surface area contributed by atoms with Crippen LogP contribution in [0, 0.1) is 0 Å². The molecule has 0 fully saturated rings. The maximum absolute atomic E-state index is 6.20. The van der Waals surface area contributed by atoms with Gasteiger partial charge >= 0.3 is 0 Å². The summed E-state index contributed by atoms with van der Waals surface area (Å²) in [7, 11) is 1.64. The molecule has 3 rings (SSSR count). The van der Waals surface area contributed by atoms with Crippen LogP contribution in [0.2, 0.25) is 5.02 Å². The average Bonchev–Trinajstić information content (AvgIpc) is 2.67. The second-order valence-electron chi connectivity index (χ2n) is 5.52. The van der Waals surface area contributed by atoms with Crippen LogP contribution in [0.3, 0.4) is 0 Å². The van der Waals surface area contributed by atoms with Crippen molar-refractivity contribution in [2.45, 2.75) is 6.61 Å². The summed E-state index contributed by atoms with van der Waals surface area (Å²) in [6, 6.07) is 21.0. The van der Waals surface area contributed by atoms with Gasteiger partial charge in [0.2, 0.25) is 0 Å². The summed E-state index contributed by atoms with van der Waals surface area (Å²) < 4.78 is 12.1. The second-order valence-corrected chi connectivity index (χ2v) is 6.84. The van der Waals surface area contributed by atoms with Crippen molar-refractivity contribution in [1.82, 2.24) is 0 Å². The highest BCUT2D eigenvalue weighted by Crippen LogP contribution is 2.25. The molecule has 0 bridgehead atoms. The average molecular weight is 431 g/mol. The van der Waals surface area contributed by atoms with Crippen molar-refractivity contribution in [3.8, 4) is 11.5 Å². The van der Waals surface area contributed by atoms with Crippen LogP contribution < -0.4 is 9.47 Å². The lowest BCUT2D eigenvalue weighted by Gasteiger charge is -2.10. The Hall–Kier alpha value is -2.30. The molecular weight excluding hydrogens is 414 g/mol. The first-order valence-corrected chi connectivity index (χ1v) is 9.16. The van der Waals surface area contributed by atoms with Crippen molar-refractivity contribution < 1.29 is 9.47 Å². The van der Waals surface area contributed by atoms with Gasteiger partial charge in [-0.05, 0) is 48.5 Å². The van der Waals surface area contributed by atoms with Gasteiger partial charge in [0, 0.05) is 26.8 Å². The molecule has 0 saturated heterocycles. The molecule has 0 atom stereocenters. The third kappa shape index (κ3) is 4.87. The zero-order valence-corrected chi connectivity index (χ0v) is 16.5. The molecule has 26 heavy (non-hydrogen) atoms. The minimum atomic E-state index is 0.394. The molecule has 0 aromatic heterocycles. The van der Waals surface area contributed by atoms with Gasteiger partial charge in [0.25, 0.3) is 0 Å². The Morgan fingerprint density at radius 3 is 2.54 bits per heavy atom. The first-order valence-electron chi connectivity index (χ1n) is 7.99. The highest BCUT2D eigenvalue weighted by molar-refractivity contribution is 9.10. The molecule has 3 aromatic rings. The van der Waals surface area contributed by atoms with Crippen LogP contribution in [0.1, 0.15) is 11.1 Å². The van der Waals surface area contributed by atoms with E-state index in [9.17, 15) is 0 Å². The number of halogens is 2. The number of rotatable bonds is 6. The van der Waals surface area contributed by atoms with Gasteiger partial charge in [-0.25, -0.2) is 0 Å². The number of hydrogen-bond acceptors (Lipinski definition) is 3.